The smallest absolute Gasteiger partial charge is 0.282 e. The van der Waals surface area contributed by atoms with Crippen LogP contribution in [0.4, 0.5) is 24.5 Å². The summed E-state index contributed by atoms with van der Waals surface area (Å²) in [6, 6.07) is 1.72. The maximum absolute atomic E-state index is 13.7. The lowest BCUT2D eigenvalue weighted by atomic mass is 9.93. The van der Waals surface area contributed by atoms with Crippen LogP contribution in [0.25, 0.3) is 0 Å². The molecule has 1 aromatic heterocycles. The Labute approximate surface area is 206 Å². The van der Waals surface area contributed by atoms with Gasteiger partial charge >= 0.3 is 0 Å². The van der Waals surface area contributed by atoms with E-state index in [1.54, 1.807) is 24.2 Å². The van der Waals surface area contributed by atoms with Crippen LogP contribution in [-0.2, 0) is 9.59 Å². The number of hydrogen-bond donors (Lipinski definition) is 3. The summed E-state index contributed by atoms with van der Waals surface area (Å²) in [5.74, 6) is -5.03. The molecule has 0 aromatic carbocycles. The van der Waals surface area contributed by atoms with Crippen LogP contribution >= 0.6 is 0 Å². The summed E-state index contributed by atoms with van der Waals surface area (Å²) in [6.07, 6.45) is 0.836. The quantitative estimate of drug-likeness (QED) is 0.452. The van der Waals surface area contributed by atoms with Crippen molar-refractivity contribution in [1.29, 1.82) is 0 Å². The fourth-order valence-electron chi connectivity index (χ4n) is 5.12. The Morgan fingerprint density at radius 2 is 2.00 bits per heavy atom. The topological polar surface area (TPSA) is 136 Å². The van der Waals surface area contributed by atoms with Gasteiger partial charge in [-0.3, -0.25) is 24.8 Å². The Morgan fingerprint density at radius 3 is 2.61 bits per heavy atom. The van der Waals surface area contributed by atoms with Crippen molar-refractivity contribution in [2.75, 3.05) is 56.5 Å². The number of aromatic nitrogens is 1. The van der Waals surface area contributed by atoms with Crippen LogP contribution < -0.4 is 21.3 Å². The van der Waals surface area contributed by atoms with Crippen molar-refractivity contribution >= 4 is 23.2 Å². The number of carbonyl (C=O) groups excluding carboxylic acids is 2. The molecule has 0 aliphatic carbocycles. The summed E-state index contributed by atoms with van der Waals surface area (Å²) in [5, 5.41) is 8.56. The van der Waals surface area contributed by atoms with Crippen LogP contribution in [-0.4, -0.2) is 97.3 Å². The van der Waals surface area contributed by atoms with Crippen LogP contribution in [0.1, 0.15) is 12.8 Å². The fourth-order valence-corrected chi connectivity index (χ4v) is 5.12. The van der Waals surface area contributed by atoms with Gasteiger partial charge in [0.1, 0.15) is 12.1 Å². The van der Waals surface area contributed by atoms with E-state index in [1.165, 1.54) is 11.1 Å². The summed E-state index contributed by atoms with van der Waals surface area (Å²) < 4.78 is 40.0. The Hall–Kier alpha value is -2.84. The second kappa shape index (κ2) is 10.6. The van der Waals surface area contributed by atoms with Crippen LogP contribution in [0.2, 0.25) is 0 Å². The molecular formula is C22H31F3N8O3. The van der Waals surface area contributed by atoms with E-state index in [2.05, 4.69) is 20.8 Å². The zero-order valence-corrected chi connectivity index (χ0v) is 19.9. The largest absolute Gasteiger partial charge is 0.370 e. The predicted molar refractivity (Wildman–Crippen MR) is 126 cm³/mol. The Morgan fingerprint density at radius 1 is 1.31 bits per heavy atom. The van der Waals surface area contributed by atoms with Gasteiger partial charge in [0, 0.05) is 38.3 Å². The van der Waals surface area contributed by atoms with Gasteiger partial charge in [-0.05, 0) is 26.0 Å². The number of pyridine rings is 1. The zero-order valence-electron chi connectivity index (χ0n) is 19.9. The van der Waals surface area contributed by atoms with Crippen molar-refractivity contribution in [3.8, 4) is 0 Å². The molecule has 0 radical (unpaired) electrons. The normalized spacial score (nSPS) is 26.6. The van der Waals surface area contributed by atoms with Crippen LogP contribution in [0, 0.1) is 16.7 Å². The first-order chi connectivity index (χ1) is 17.1. The van der Waals surface area contributed by atoms with Gasteiger partial charge in [-0.2, -0.15) is 0 Å². The third-order valence-electron chi connectivity index (χ3n) is 7.04. The maximum Gasteiger partial charge on any atom is 0.282 e. The maximum atomic E-state index is 13.7. The van der Waals surface area contributed by atoms with Crippen LogP contribution in [0.15, 0.2) is 23.6 Å². The molecule has 36 heavy (non-hydrogen) atoms. The SMILES string of the molecule is CN1CC(F)CNC1C(C(=O)Nc1cnccc1N1CCC(C(=O)N2CC(F)(F)C2)CC1)C(N)N=O. The Kier molecular flexibility index (Phi) is 7.76. The van der Waals surface area contributed by atoms with E-state index in [-0.39, 0.29) is 24.9 Å². The second-order valence-electron chi connectivity index (χ2n) is 9.71. The molecule has 0 saturated carbocycles. The number of rotatable bonds is 7. The van der Waals surface area contributed by atoms with E-state index in [4.69, 9.17) is 5.73 Å². The first kappa shape index (κ1) is 26.2. The van der Waals surface area contributed by atoms with Gasteiger partial charge in [-0.1, -0.05) is 5.18 Å². The average Bonchev–Trinajstić information content (AvgIpc) is 2.84. The molecule has 1 aromatic rings. The Balaban J connectivity index is 1.42. The molecule has 3 saturated heterocycles. The molecule has 3 aliphatic heterocycles. The molecule has 198 valence electrons. The van der Waals surface area contributed by atoms with E-state index < -0.39 is 49.3 Å². The van der Waals surface area contributed by atoms with Gasteiger partial charge in [-0.15, -0.1) is 4.91 Å². The third kappa shape index (κ3) is 5.60. The number of nitrogens with one attached hydrogen (secondary N) is 2. The van der Waals surface area contributed by atoms with E-state index in [9.17, 15) is 27.7 Å². The standard InChI is InChI=1S/C22H31F3N8O3/c1-31-10-14(23)8-28-19(31)17(18(26)30-36)20(34)29-15-9-27-5-2-16(15)32-6-3-13(4-7-32)21(35)33-11-22(24,25)12-33/h2,5,9,13-14,17-19,28H,3-4,6-8,10-12,26H2,1H3,(H,29,34). The molecular weight excluding hydrogens is 481 g/mol. The van der Waals surface area contributed by atoms with Crippen molar-refractivity contribution < 1.29 is 22.8 Å². The van der Waals surface area contributed by atoms with Gasteiger partial charge < -0.3 is 20.9 Å². The predicted octanol–water partition coefficient (Wildman–Crippen LogP) is 0.581. The summed E-state index contributed by atoms with van der Waals surface area (Å²) in [4.78, 5) is 45.9. The lowest BCUT2D eigenvalue weighted by molar-refractivity contribution is -0.170. The number of carbonyl (C=O) groups is 2. The van der Waals surface area contributed by atoms with Crippen LogP contribution in [0.3, 0.4) is 0 Å². The highest BCUT2D eigenvalue weighted by Gasteiger charge is 2.48. The molecule has 4 N–H and O–H groups in total. The van der Waals surface area contributed by atoms with Crippen molar-refractivity contribution in [3.05, 3.63) is 23.4 Å². The van der Waals surface area contributed by atoms with E-state index in [1.807, 2.05) is 4.90 Å². The number of anilines is 2. The summed E-state index contributed by atoms with van der Waals surface area (Å²) in [7, 11) is 1.63. The molecule has 3 aliphatic rings. The van der Waals surface area contributed by atoms with Gasteiger partial charge in [0.15, 0.2) is 6.17 Å². The van der Waals surface area contributed by atoms with Gasteiger partial charge in [-0.25, -0.2) is 13.2 Å². The number of hydrogen-bond acceptors (Lipinski definition) is 9. The minimum atomic E-state index is -2.80. The number of amides is 2. The number of halogens is 3. The molecule has 3 fully saturated rings. The summed E-state index contributed by atoms with van der Waals surface area (Å²) in [5.41, 5.74) is 6.93. The molecule has 4 unspecified atom stereocenters. The van der Waals surface area contributed by atoms with Gasteiger partial charge in [0.05, 0.1) is 36.8 Å². The third-order valence-corrected chi connectivity index (χ3v) is 7.04. The number of nitroso groups, excluding NO2 is 1. The molecule has 0 bridgehead atoms. The van der Waals surface area contributed by atoms with Gasteiger partial charge in [0.2, 0.25) is 11.8 Å². The number of piperidine rings is 1. The molecule has 11 nitrogen and oxygen atoms in total. The first-order valence-electron chi connectivity index (χ1n) is 11.9. The molecule has 14 heteroatoms. The highest BCUT2D eigenvalue weighted by atomic mass is 19.3. The number of likely N-dealkylation sites (tertiary alicyclic amines) is 1. The highest BCUT2D eigenvalue weighted by Crippen LogP contribution is 2.33. The van der Waals surface area contributed by atoms with E-state index in [0.717, 1.165) is 0 Å². The zero-order chi connectivity index (χ0) is 26.0. The monoisotopic (exact) mass is 512 g/mol. The number of alkyl halides is 3. The second-order valence-corrected chi connectivity index (χ2v) is 9.71. The highest BCUT2D eigenvalue weighted by molar-refractivity contribution is 5.96. The van der Waals surface area contributed by atoms with Crippen molar-refractivity contribution in [2.45, 2.75) is 37.3 Å². The summed E-state index contributed by atoms with van der Waals surface area (Å²) in [6.45, 7) is 0.0125. The Bertz CT molecular complexity index is 970. The first-order valence-corrected chi connectivity index (χ1v) is 11.9. The van der Waals surface area contributed by atoms with E-state index >= 15 is 0 Å². The van der Waals surface area contributed by atoms with Crippen LogP contribution in [0.5, 0.6) is 0 Å². The van der Waals surface area contributed by atoms with Crippen molar-refractivity contribution in [1.82, 2.24) is 20.1 Å². The van der Waals surface area contributed by atoms with Crippen molar-refractivity contribution in [2.24, 2.45) is 22.7 Å². The molecule has 4 heterocycles. The average molecular weight is 513 g/mol. The molecule has 4 atom stereocenters. The number of nitrogens with two attached hydrogens (primary N) is 1. The lowest BCUT2D eigenvalue weighted by Gasteiger charge is -2.42. The lowest BCUT2D eigenvalue weighted by Crippen LogP contribution is -2.62. The minimum Gasteiger partial charge on any atom is -0.370 e. The number of nitrogens with zero attached hydrogens (tertiary/aromatic N) is 5. The molecule has 0 spiro atoms. The molecule has 2 amide bonds. The fraction of sp³-hybridized carbons (Fsp3) is 0.682. The van der Waals surface area contributed by atoms with E-state index in [0.29, 0.717) is 37.3 Å². The van der Waals surface area contributed by atoms with Crippen molar-refractivity contribution in [3.63, 3.8) is 0 Å². The summed E-state index contributed by atoms with van der Waals surface area (Å²) >= 11 is 0. The minimum absolute atomic E-state index is 0.0191. The van der Waals surface area contributed by atoms with Gasteiger partial charge in [0.25, 0.3) is 5.92 Å². The molecule has 4 rings (SSSR count).